The van der Waals surface area contributed by atoms with Crippen molar-refractivity contribution in [3.63, 3.8) is 0 Å². The van der Waals surface area contributed by atoms with Crippen molar-refractivity contribution in [2.75, 3.05) is 5.32 Å². The molecule has 0 radical (unpaired) electrons. The summed E-state index contributed by atoms with van der Waals surface area (Å²) in [5, 5.41) is 8.77. The lowest BCUT2D eigenvalue weighted by Gasteiger charge is -2.13. The standard InChI is InChI=1S/C25H23N3O2/c1-16-8-11-19(12-9-16)24-20-6-4-5-7-21(20)25(30)28(27-24)15-23(29)26-22-13-10-17(2)14-18(22)3/h4-14H,15H2,1-3H3,(H,26,29). The smallest absolute Gasteiger partial charge is 0.275 e. The number of benzene rings is 3. The maximum Gasteiger partial charge on any atom is 0.275 e. The second kappa shape index (κ2) is 7.95. The number of hydrogen-bond donors (Lipinski definition) is 1. The molecule has 0 atom stereocenters. The number of aromatic nitrogens is 2. The molecule has 4 aromatic rings. The molecule has 150 valence electrons. The highest BCUT2D eigenvalue weighted by atomic mass is 16.2. The lowest BCUT2D eigenvalue weighted by atomic mass is 10.0. The normalized spacial score (nSPS) is 10.9. The van der Waals surface area contributed by atoms with E-state index in [9.17, 15) is 9.59 Å². The first-order valence-electron chi connectivity index (χ1n) is 9.86. The maximum atomic E-state index is 13.0. The van der Waals surface area contributed by atoms with Gasteiger partial charge in [-0.2, -0.15) is 5.10 Å². The Labute approximate surface area is 175 Å². The van der Waals surface area contributed by atoms with Crippen LogP contribution in [0.3, 0.4) is 0 Å². The Kier molecular flexibility index (Phi) is 5.19. The zero-order valence-corrected chi connectivity index (χ0v) is 17.3. The molecular formula is C25H23N3O2. The van der Waals surface area contributed by atoms with Gasteiger partial charge in [-0.05, 0) is 38.5 Å². The number of carbonyl (C=O) groups is 1. The number of anilines is 1. The monoisotopic (exact) mass is 397 g/mol. The molecule has 0 aliphatic rings. The Bertz CT molecular complexity index is 1300. The molecule has 0 saturated carbocycles. The summed E-state index contributed by atoms with van der Waals surface area (Å²) in [6, 6.07) is 21.2. The third-order valence-corrected chi connectivity index (χ3v) is 5.14. The SMILES string of the molecule is Cc1ccc(-c2nn(CC(=O)Nc3ccc(C)cc3C)c(=O)c3ccccc23)cc1. The van der Waals surface area contributed by atoms with Crippen LogP contribution in [0.5, 0.6) is 0 Å². The van der Waals surface area contributed by atoms with Crippen LogP contribution in [-0.2, 0) is 11.3 Å². The average Bonchev–Trinajstić information content (AvgIpc) is 2.73. The van der Waals surface area contributed by atoms with E-state index in [1.54, 1.807) is 6.07 Å². The number of fused-ring (bicyclic) bond motifs is 1. The van der Waals surface area contributed by atoms with Crippen LogP contribution < -0.4 is 10.9 Å². The molecule has 5 nitrogen and oxygen atoms in total. The van der Waals surface area contributed by atoms with Crippen molar-refractivity contribution in [3.8, 4) is 11.3 Å². The molecule has 1 N–H and O–H groups in total. The van der Waals surface area contributed by atoms with Gasteiger partial charge in [0.15, 0.2) is 0 Å². The minimum atomic E-state index is -0.290. The Morgan fingerprint density at radius 2 is 1.57 bits per heavy atom. The van der Waals surface area contributed by atoms with Crippen LogP contribution in [0.15, 0.2) is 71.5 Å². The van der Waals surface area contributed by atoms with E-state index in [0.717, 1.165) is 33.3 Å². The van der Waals surface area contributed by atoms with Crippen LogP contribution in [0, 0.1) is 20.8 Å². The fourth-order valence-electron chi connectivity index (χ4n) is 3.55. The van der Waals surface area contributed by atoms with Crippen LogP contribution in [0.4, 0.5) is 5.69 Å². The van der Waals surface area contributed by atoms with E-state index in [2.05, 4.69) is 10.4 Å². The van der Waals surface area contributed by atoms with E-state index in [1.165, 1.54) is 4.68 Å². The number of rotatable bonds is 4. The number of nitrogens with one attached hydrogen (secondary N) is 1. The predicted molar refractivity (Wildman–Crippen MR) is 121 cm³/mol. The molecule has 4 rings (SSSR count). The van der Waals surface area contributed by atoms with Crippen LogP contribution in [-0.4, -0.2) is 15.7 Å². The zero-order valence-electron chi connectivity index (χ0n) is 17.3. The molecule has 1 aromatic heterocycles. The minimum Gasteiger partial charge on any atom is -0.324 e. The summed E-state index contributed by atoms with van der Waals surface area (Å²) < 4.78 is 1.25. The molecule has 0 spiro atoms. The van der Waals surface area contributed by atoms with Crippen molar-refractivity contribution >= 4 is 22.4 Å². The fraction of sp³-hybridized carbons (Fsp3) is 0.160. The van der Waals surface area contributed by atoms with E-state index in [-0.39, 0.29) is 18.0 Å². The number of carbonyl (C=O) groups excluding carboxylic acids is 1. The van der Waals surface area contributed by atoms with Crippen molar-refractivity contribution in [3.05, 3.63) is 93.8 Å². The molecule has 5 heteroatoms. The summed E-state index contributed by atoms with van der Waals surface area (Å²) >= 11 is 0. The largest absolute Gasteiger partial charge is 0.324 e. The van der Waals surface area contributed by atoms with Gasteiger partial charge in [-0.15, -0.1) is 0 Å². The molecule has 0 bridgehead atoms. The van der Waals surface area contributed by atoms with E-state index < -0.39 is 0 Å². The molecule has 0 aliphatic carbocycles. The number of nitrogens with zero attached hydrogens (tertiary/aromatic N) is 2. The summed E-state index contributed by atoms with van der Waals surface area (Å²) in [4.78, 5) is 25.7. The summed E-state index contributed by atoms with van der Waals surface area (Å²) in [6.07, 6.45) is 0. The van der Waals surface area contributed by atoms with Crippen molar-refractivity contribution in [2.45, 2.75) is 27.3 Å². The van der Waals surface area contributed by atoms with E-state index in [4.69, 9.17) is 0 Å². The van der Waals surface area contributed by atoms with Crippen molar-refractivity contribution in [2.24, 2.45) is 0 Å². The van der Waals surface area contributed by atoms with Crippen LogP contribution in [0.25, 0.3) is 22.0 Å². The second-order valence-electron chi connectivity index (χ2n) is 7.59. The van der Waals surface area contributed by atoms with Gasteiger partial charge in [0.05, 0.1) is 11.1 Å². The van der Waals surface area contributed by atoms with Gasteiger partial charge in [0, 0.05) is 16.6 Å². The highest BCUT2D eigenvalue weighted by Crippen LogP contribution is 2.25. The average molecular weight is 397 g/mol. The van der Waals surface area contributed by atoms with Crippen molar-refractivity contribution in [1.29, 1.82) is 0 Å². The van der Waals surface area contributed by atoms with Gasteiger partial charge in [-0.3, -0.25) is 9.59 Å². The molecule has 0 unspecified atom stereocenters. The van der Waals surface area contributed by atoms with Gasteiger partial charge in [0.25, 0.3) is 5.56 Å². The van der Waals surface area contributed by atoms with Gasteiger partial charge >= 0.3 is 0 Å². The number of hydrogen-bond acceptors (Lipinski definition) is 3. The molecule has 0 saturated heterocycles. The van der Waals surface area contributed by atoms with Gasteiger partial charge in [0.1, 0.15) is 6.54 Å². The van der Waals surface area contributed by atoms with Crippen LogP contribution in [0.1, 0.15) is 16.7 Å². The summed E-state index contributed by atoms with van der Waals surface area (Å²) in [5.41, 5.74) is 5.28. The zero-order chi connectivity index (χ0) is 21.3. The Morgan fingerprint density at radius 1 is 0.900 bits per heavy atom. The van der Waals surface area contributed by atoms with Gasteiger partial charge in [0.2, 0.25) is 5.91 Å². The molecule has 1 amide bonds. The number of aryl methyl sites for hydroxylation is 3. The summed E-state index contributed by atoms with van der Waals surface area (Å²) in [7, 11) is 0. The van der Waals surface area contributed by atoms with E-state index in [0.29, 0.717) is 11.1 Å². The second-order valence-corrected chi connectivity index (χ2v) is 7.59. The fourth-order valence-corrected chi connectivity index (χ4v) is 3.55. The van der Waals surface area contributed by atoms with Crippen LogP contribution in [0.2, 0.25) is 0 Å². The van der Waals surface area contributed by atoms with Crippen molar-refractivity contribution in [1.82, 2.24) is 9.78 Å². The first-order chi connectivity index (χ1) is 14.4. The molecule has 0 fully saturated rings. The molecule has 30 heavy (non-hydrogen) atoms. The predicted octanol–water partition coefficient (Wildman–Crippen LogP) is 4.63. The molecule has 0 aliphatic heterocycles. The first-order valence-corrected chi connectivity index (χ1v) is 9.86. The highest BCUT2D eigenvalue weighted by molar-refractivity contribution is 5.95. The lowest BCUT2D eigenvalue weighted by molar-refractivity contribution is -0.117. The van der Waals surface area contributed by atoms with Crippen molar-refractivity contribution < 1.29 is 4.79 Å². The van der Waals surface area contributed by atoms with Gasteiger partial charge < -0.3 is 5.32 Å². The third-order valence-electron chi connectivity index (χ3n) is 5.14. The Balaban J connectivity index is 1.73. The quantitative estimate of drug-likeness (QED) is 0.546. The summed E-state index contributed by atoms with van der Waals surface area (Å²) in [5.74, 6) is -0.290. The highest BCUT2D eigenvalue weighted by Gasteiger charge is 2.14. The Hall–Kier alpha value is -3.73. The van der Waals surface area contributed by atoms with Gasteiger partial charge in [-0.1, -0.05) is 65.7 Å². The summed E-state index contributed by atoms with van der Waals surface area (Å²) in [6.45, 7) is 5.81. The third kappa shape index (κ3) is 3.87. The van der Waals surface area contributed by atoms with Gasteiger partial charge in [-0.25, -0.2) is 4.68 Å². The minimum absolute atomic E-state index is 0.157. The van der Waals surface area contributed by atoms with Crippen LogP contribution >= 0.6 is 0 Å². The first kappa shape index (κ1) is 19.6. The maximum absolute atomic E-state index is 13.0. The molecular weight excluding hydrogens is 374 g/mol. The number of amides is 1. The Morgan fingerprint density at radius 3 is 2.27 bits per heavy atom. The van der Waals surface area contributed by atoms with E-state index in [1.807, 2.05) is 81.4 Å². The molecule has 3 aromatic carbocycles. The topological polar surface area (TPSA) is 64.0 Å². The molecule has 1 heterocycles. The van der Waals surface area contributed by atoms with E-state index >= 15 is 0 Å². The lowest BCUT2D eigenvalue weighted by Crippen LogP contribution is -2.30.